The van der Waals surface area contributed by atoms with Crippen molar-refractivity contribution in [2.75, 3.05) is 18.4 Å². The summed E-state index contributed by atoms with van der Waals surface area (Å²) in [5.74, 6) is -0.773. The minimum atomic E-state index is -0.555. The first-order chi connectivity index (χ1) is 11.5. The van der Waals surface area contributed by atoms with Crippen LogP contribution >= 0.6 is 0 Å². The minimum absolute atomic E-state index is 0.0801. The zero-order valence-electron chi connectivity index (χ0n) is 13.0. The van der Waals surface area contributed by atoms with E-state index in [-0.39, 0.29) is 18.2 Å². The van der Waals surface area contributed by atoms with E-state index < -0.39 is 17.8 Å². The number of nitrogens with two attached hydrogens (primary N) is 1. The first-order valence-electron chi connectivity index (χ1n) is 7.73. The number of primary amides is 1. The van der Waals surface area contributed by atoms with Crippen molar-refractivity contribution in [1.29, 1.82) is 0 Å². The topological polar surface area (TPSA) is 88.6 Å². The van der Waals surface area contributed by atoms with Gasteiger partial charge in [0.25, 0.3) is 0 Å². The number of halogens is 1. The van der Waals surface area contributed by atoms with Crippen molar-refractivity contribution in [3.05, 3.63) is 42.4 Å². The van der Waals surface area contributed by atoms with Gasteiger partial charge in [-0.05, 0) is 43.2 Å². The summed E-state index contributed by atoms with van der Waals surface area (Å²) in [7, 11) is 0. The predicted molar refractivity (Wildman–Crippen MR) is 86.6 cm³/mol. The van der Waals surface area contributed by atoms with Crippen LogP contribution in [0.1, 0.15) is 12.8 Å². The lowest BCUT2D eigenvalue weighted by atomic mass is 9.98. The third-order valence-electron chi connectivity index (χ3n) is 4.13. The standard InChI is InChI=1S/C17H18FN3O3/c18-13-9-11(15-4-2-8-24-15)5-6-14(13)20-17(23)21-7-1-3-12(10-21)16(19)22/h2,4-6,8-9,12H,1,3,7,10H2,(H2,19,22)(H,20,23)/t12-/m0/s1. The molecular formula is C17H18FN3O3. The lowest BCUT2D eigenvalue weighted by Crippen LogP contribution is -2.45. The van der Waals surface area contributed by atoms with E-state index in [1.54, 1.807) is 18.2 Å². The summed E-state index contributed by atoms with van der Waals surface area (Å²) in [6.45, 7) is 0.773. The van der Waals surface area contributed by atoms with Crippen LogP contribution in [0.2, 0.25) is 0 Å². The molecule has 0 spiro atoms. The van der Waals surface area contributed by atoms with Crippen LogP contribution in [-0.2, 0) is 4.79 Å². The molecule has 0 bridgehead atoms. The molecule has 0 radical (unpaired) electrons. The predicted octanol–water partition coefficient (Wildman–Crippen LogP) is 2.81. The molecule has 3 N–H and O–H groups in total. The van der Waals surface area contributed by atoms with Crippen LogP contribution in [0.5, 0.6) is 0 Å². The van der Waals surface area contributed by atoms with Gasteiger partial charge in [-0.3, -0.25) is 4.79 Å². The number of amides is 3. The Morgan fingerprint density at radius 2 is 2.17 bits per heavy atom. The number of anilines is 1. The number of carbonyl (C=O) groups excluding carboxylic acids is 2. The summed E-state index contributed by atoms with van der Waals surface area (Å²) in [5, 5.41) is 2.54. The van der Waals surface area contributed by atoms with Crippen LogP contribution in [0.15, 0.2) is 41.0 Å². The molecule has 3 rings (SSSR count). The van der Waals surface area contributed by atoms with Gasteiger partial charge in [0.2, 0.25) is 5.91 Å². The fourth-order valence-corrected chi connectivity index (χ4v) is 2.80. The zero-order valence-corrected chi connectivity index (χ0v) is 13.0. The first kappa shape index (κ1) is 16.0. The Labute approximate surface area is 138 Å². The van der Waals surface area contributed by atoms with Crippen LogP contribution in [0.25, 0.3) is 11.3 Å². The number of carbonyl (C=O) groups is 2. The summed E-state index contributed by atoms with van der Waals surface area (Å²) in [4.78, 5) is 25.0. The van der Waals surface area contributed by atoms with Gasteiger partial charge in [0, 0.05) is 18.7 Å². The van der Waals surface area contributed by atoms with Gasteiger partial charge >= 0.3 is 6.03 Å². The SMILES string of the molecule is NC(=O)[C@H]1CCCN(C(=O)Nc2ccc(-c3ccco3)cc2F)C1. The molecule has 7 heteroatoms. The molecule has 126 valence electrons. The molecule has 0 saturated carbocycles. The van der Waals surface area contributed by atoms with Crippen molar-refractivity contribution in [2.45, 2.75) is 12.8 Å². The minimum Gasteiger partial charge on any atom is -0.464 e. The molecule has 0 aliphatic carbocycles. The number of likely N-dealkylation sites (tertiary alicyclic amines) is 1. The second-order valence-electron chi connectivity index (χ2n) is 5.79. The summed E-state index contributed by atoms with van der Waals surface area (Å²) >= 11 is 0. The molecule has 1 saturated heterocycles. The normalized spacial score (nSPS) is 17.5. The zero-order chi connectivity index (χ0) is 17.1. The monoisotopic (exact) mass is 331 g/mol. The largest absolute Gasteiger partial charge is 0.464 e. The second kappa shape index (κ2) is 6.74. The molecule has 3 amide bonds. The van der Waals surface area contributed by atoms with Crippen molar-refractivity contribution in [3.8, 4) is 11.3 Å². The Bertz CT molecular complexity index is 746. The summed E-state index contributed by atoms with van der Waals surface area (Å²) in [6, 6.07) is 7.46. The van der Waals surface area contributed by atoms with Crippen molar-refractivity contribution in [3.63, 3.8) is 0 Å². The molecule has 1 aliphatic heterocycles. The number of urea groups is 1. The van der Waals surface area contributed by atoms with Gasteiger partial charge in [-0.2, -0.15) is 0 Å². The molecule has 24 heavy (non-hydrogen) atoms. The van der Waals surface area contributed by atoms with Gasteiger partial charge in [0.05, 0.1) is 17.9 Å². The number of furan rings is 1. The Balaban J connectivity index is 1.69. The van der Waals surface area contributed by atoms with Gasteiger partial charge in [-0.25, -0.2) is 9.18 Å². The average molecular weight is 331 g/mol. The Hall–Kier alpha value is -2.83. The van der Waals surface area contributed by atoms with Crippen molar-refractivity contribution in [1.82, 2.24) is 4.90 Å². The fraction of sp³-hybridized carbons (Fsp3) is 0.294. The van der Waals surface area contributed by atoms with E-state index in [0.29, 0.717) is 30.7 Å². The molecule has 1 atom stereocenters. The van der Waals surface area contributed by atoms with Gasteiger partial charge in [0.15, 0.2) is 0 Å². The molecule has 2 aromatic rings. The van der Waals surface area contributed by atoms with E-state index in [2.05, 4.69) is 5.32 Å². The molecule has 1 aromatic heterocycles. The maximum atomic E-state index is 14.2. The van der Waals surface area contributed by atoms with Gasteiger partial charge in [-0.15, -0.1) is 0 Å². The van der Waals surface area contributed by atoms with E-state index in [1.165, 1.54) is 23.3 Å². The number of nitrogens with zero attached hydrogens (tertiary/aromatic N) is 1. The van der Waals surface area contributed by atoms with Gasteiger partial charge < -0.3 is 20.4 Å². The van der Waals surface area contributed by atoms with Crippen molar-refractivity contribution < 1.29 is 18.4 Å². The summed E-state index contributed by atoms with van der Waals surface area (Å²) in [6.07, 6.45) is 2.88. The van der Waals surface area contributed by atoms with Crippen molar-refractivity contribution in [2.24, 2.45) is 11.7 Å². The van der Waals surface area contributed by atoms with Gasteiger partial charge in [0.1, 0.15) is 11.6 Å². The summed E-state index contributed by atoms with van der Waals surface area (Å²) in [5.41, 5.74) is 5.97. The lowest BCUT2D eigenvalue weighted by Gasteiger charge is -2.31. The molecule has 1 aliphatic rings. The maximum absolute atomic E-state index is 14.2. The third-order valence-corrected chi connectivity index (χ3v) is 4.13. The molecule has 1 fully saturated rings. The number of benzene rings is 1. The van der Waals surface area contributed by atoms with E-state index >= 15 is 0 Å². The van der Waals surface area contributed by atoms with Crippen LogP contribution in [-0.4, -0.2) is 29.9 Å². The van der Waals surface area contributed by atoms with Crippen LogP contribution in [0, 0.1) is 11.7 Å². The number of piperidine rings is 1. The molecule has 2 heterocycles. The number of hydrogen-bond donors (Lipinski definition) is 2. The number of rotatable bonds is 3. The molecule has 6 nitrogen and oxygen atoms in total. The highest BCUT2D eigenvalue weighted by atomic mass is 19.1. The van der Waals surface area contributed by atoms with Crippen LogP contribution < -0.4 is 11.1 Å². The number of hydrogen-bond acceptors (Lipinski definition) is 3. The molecular weight excluding hydrogens is 313 g/mol. The molecule has 1 aromatic carbocycles. The number of nitrogens with one attached hydrogen (secondary N) is 1. The van der Waals surface area contributed by atoms with E-state index in [1.807, 2.05) is 0 Å². The maximum Gasteiger partial charge on any atom is 0.321 e. The second-order valence-corrected chi connectivity index (χ2v) is 5.79. The highest BCUT2D eigenvalue weighted by Crippen LogP contribution is 2.25. The highest BCUT2D eigenvalue weighted by molar-refractivity contribution is 5.90. The molecule has 0 unspecified atom stereocenters. The Morgan fingerprint density at radius 3 is 2.83 bits per heavy atom. The van der Waals surface area contributed by atoms with E-state index in [9.17, 15) is 14.0 Å². The smallest absolute Gasteiger partial charge is 0.321 e. The third kappa shape index (κ3) is 3.40. The Morgan fingerprint density at radius 1 is 1.33 bits per heavy atom. The first-order valence-corrected chi connectivity index (χ1v) is 7.73. The Kier molecular flexibility index (Phi) is 4.50. The van der Waals surface area contributed by atoms with Crippen LogP contribution in [0.3, 0.4) is 0 Å². The van der Waals surface area contributed by atoms with Crippen LogP contribution in [0.4, 0.5) is 14.9 Å². The van der Waals surface area contributed by atoms with Gasteiger partial charge in [-0.1, -0.05) is 0 Å². The fourth-order valence-electron chi connectivity index (χ4n) is 2.80. The van der Waals surface area contributed by atoms with Crippen molar-refractivity contribution >= 4 is 17.6 Å². The van der Waals surface area contributed by atoms with E-state index in [0.717, 1.165) is 0 Å². The van der Waals surface area contributed by atoms with E-state index in [4.69, 9.17) is 10.2 Å². The summed E-state index contributed by atoms with van der Waals surface area (Å²) < 4.78 is 19.4. The average Bonchev–Trinajstić information content (AvgIpc) is 3.11. The highest BCUT2D eigenvalue weighted by Gasteiger charge is 2.27. The quantitative estimate of drug-likeness (QED) is 0.906. The lowest BCUT2D eigenvalue weighted by molar-refractivity contribution is -0.123.